The zero-order chi connectivity index (χ0) is 11.3. The van der Waals surface area contributed by atoms with Gasteiger partial charge in [-0.3, -0.25) is 9.79 Å². The van der Waals surface area contributed by atoms with Gasteiger partial charge in [0.1, 0.15) is 6.54 Å². The minimum Gasteiger partial charge on any atom is -0.465 e. The van der Waals surface area contributed by atoms with E-state index >= 15 is 0 Å². The molecule has 3 nitrogen and oxygen atoms in total. The predicted octanol–water partition coefficient (Wildman–Crippen LogP) is 2.45. The highest BCUT2D eigenvalue weighted by Gasteiger charge is 2.20. The monoisotopic (exact) mass is 211 g/mol. The van der Waals surface area contributed by atoms with Crippen molar-refractivity contribution in [3.63, 3.8) is 0 Å². The van der Waals surface area contributed by atoms with Crippen LogP contribution < -0.4 is 0 Å². The van der Waals surface area contributed by atoms with E-state index in [1.807, 2.05) is 6.92 Å². The van der Waals surface area contributed by atoms with E-state index in [2.05, 4.69) is 18.8 Å². The van der Waals surface area contributed by atoms with Crippen molar-refractivity contribution >= 4 is 11.7 Å². The van der Waals surface area contributed by atoms with E-state index in [1.54, 1.807) is 0 Å². The lowest BCUT2D eigenvalue weighted by Crippen LogP contribution is -2.22. The molecule has 0 bridgehead atoms. The second kappa shape index (κ2) is 5.89. The standard InChI is InChI=1S/C12H21NO2/c1-4-15-12(14)8-13-11-6-5-9(2)7-10(11)3/h9-10H,4-8H2,1-3H3. The molecule has 0 aliphatic heterocycles. The summed E-state index contributed by atoms with van der Waals surface area (Å²) < 4.78 is 4.84. The number of nitrogens with zero attached hydrogens (tertiary/aromatic N) is 1. The summed E-state index contributed by atoms with van der Waals surface area (Å²) in [6, 6.07) is 0. The molecule has 2 unspecified atom stereocenters. The molecule has 3 heteroatoms. The van der Waals surface area contributed by atoms with Crippen LogP contribution in [0, 0.1) is 11.8 Å². The second-order valence-electron chi connectivity index (χ2n) is 4.39. The van der Waals surface area contributed by atoms with Crippen molar-refractivity contribution in [2.75, 3.05) is 13.2 Å². The molecule has 0 heterocycles. The molecule has 2 atom stereocenters. The van der Waals surface area contributed by atoms with E-state index in [0.717, 1.165) is 12.3 Å². The summed E-state index contributed by atoms with van der Waals surface area (Å²) in [6.07, 6.45) is 3.44. The third kappa shape index (κ3) is 4.02. The Kier molecular flexibility index (Phi) is 4.79. The van der Waals surface area contributed by atoms with Crippen LogP contribution in [0.15, 0.2) is 4.99 Å². The number of hydrogen-bond acceptors (Lipinski definition) is 3. The SMILES string of the molecule is CCOC(=O)CN=C1CCC(C)CC1C. The van der Waals surface area contributed by atoms with Crippen LogP contribution in [0.4, 0.5) is 0 Å². The third-order valence-electron chi connectivity index (χ3n) is 2.93. The lowest BCUT2D eigenvalue weighted by molar-refractivity contribution is -0.141. The maximum atomic E-state index is 11.1. The molecule has 1 aliphatic carbocycles. The molecule has 1 saturated carbocycles. The fourth-order valence-corrected chi connectivity index (χ4v) is 2.11. The average Bonchev–Trinajstić information content (AvgIpc) is 2.17. The van der Waals surface area contributed by atoms with E-state index in [-0.39, 0.29) is 12.5 Å². The average molecular weight is 211 g/mol. The molecular weight excluding hydrogens is 190 g/mol. The van der Waals surface area contributed by atoms with E-state index in [1.165, 1.54) is 18.6 Å². The minimum absolute atomic E-state index is 0.196. The molecule has 1 fully saturated rings. The molecule has 15 heavy (non-hydrogen) atoms. The predicted molar refractivity (Wildman–Crippen MR) is 61.1 cm³/mol. The molecule has 86 valence electrons. The van der Waals surface area contributed by atoms with Crippen LogP contribution in [0.3, 0.4) is 0 Å². The number of ether oxygens (including phenoxy) is 1. The first-order chi connectivity index (χ1) is 7.13. The zero-order valence-corrected chi connectivity index (χ0v) is 9.95. The maximum absolute atomic E-state index is 11.1. The largest absolute Gasteiger partial charge is 0.465 e. The van der Waals surface area contributed by atoms with Crippen molar-refractivity contribution in [3.8, 4) is 0 Å². The minimum atomic E-state index is -0.212. The Morgan fingerprint density at radius 2 is 2.27 bits per heavy atom. The lowest BCUT2D eigenvalue weighted by Gasteiger charge is -2.25. The second-order valence-corrected chi connectivity index (χ2v) is 4.39. The fraction of sp³-hybridized carbons (Fsp3) is 0.833. The number of rotatable bonds is 3. The highest BCUT2D eigenvalue weighted by molar-refractivity contribution is 5.89. The van der Waals surface area contributed by atoms with E-state index in [0.29, 0.717) is 12.5 Å². The quantitative estimate of drug-likeness (QED) is 0.672. The number of carbonyl (C=O) groups is 1. The van der Waals surface area contributed by atoms with Gasteiger partial charge in [0.05, 0.1) is 6.61 Å². The van der Waals surface area contributed by atoms with Crippen molar-refractivity contribution in [1.82, 2.24) is 0 Å². The van der Waals surface area contributed by atoms with Crippen molar-refractivity contribution in [2.45, 2.75) is 40.0 Å². The summed E-state index contributed by atoms with van der Waals surface area (Å²) in [5.74, 6) is 1.11. The van der Waals surface area contributed by atoms with Gasteiger partial charge in [-0.15, -0.1) is 0 Å². The highest BCUT2D eigenvalue weighted by Crippen LogP contribution is 2.26. The lowest BCUT2D eigenvalue weighted by atomic mass is 9.82. The molecular formula is C12H21NO2. The number of carbonyl (C=O) groups excluding carboxylic acids is 1. The summed E-state index contributed by atoms with van der Waals surface area (Å²) in [7, 11) is 0. The molecule has 0 amide bonds. The topological polar surface area (TPSA) is 38.7 Å². The summed E-state index contributed by atoms with van der Waals surface area (Å²) >= 11 is 0. The summed E-state index contributed by atoms with van der Waals surface area (Å²) in [5.41, 5.74) is 1.20. The summed E-state index contributed by atoms with van der Waals surface area (Å²) in [4.78, 5) is 15.5. The number of aliphatic imine (C=N–C) groups is 1. The van der Waals surface area contributed by atoms with Gasteiger partial charge in [-0.2, -0.15) is 0 Å². The Labute approximate surface area is 91.9 Å². The smallest absolute Gasteiger partial charge is 0.327 e. The molecule has 0 spiro atoms. The van der Waals surface area contributed by atoms with Crippen molar-refractivity contribution < 1.29 is 9.53 Å². The van der Waals surface area contributed by atoms with Gasteiger partial charge in [0.25, 0.3) is 0 Å². The van der Waals surface area contributed by atoms with Gasteiger partial charge in [0, 0.05) is 5.71 Å². The summed E-state index contributed by atoms with van der Waals surface area (Å²) in [5, 5.41) is 0. The van der Waals surface area contributed by atoms with Crippen LogP contribution in [0.25, 0.3) is 0 Å². The van der Waals surface area contributed by atoms with Crippen molar-refractivity contribution in [3.05, 3.63) is 0 Å². The normalized spacial score (nSPS) is 29.1. The van der Waals surface area contributed by atoms with Gasteiger partial charge in [0.15, 0.2) is 0 Å². The summed E-state index contributed by atoms with van der Waals surface area (Å²) in [6.45, 7) is 6.92. The molecule has 1 rings (SSSR count). The Bertz CT molecular complexity index is 248. The highest BCUT2D eigenvalue weighted by atomic mass is 16.5. The molecule has 0 aromatic carbocycles. The van der Waals surface area contributed by atoms with E-state index in [9.17, 15) is 4.79 Å². The van der Waals surface area contributed by atoms with Gasteiger partial charge in [0.2, 0.25) is 0 Å². The molecule has 0 N–H and O–H groups in total. The van der Waals surface area contributed by atoms with Crippen LogP contribution in [0.1, 0.15) is 40.0 Å². The Morgan fingerprint density at radius 3 is 2.87 bits per heavy atom. The van der Waals surface area contributed by atoms with E-state index in [4.69, 9.17) is 4.74 Å². The molecule has 0 radical (unpaired) electrons. The van der Waals surface area contributed by atoms with Gasteiger partial charge >= 0.3 is 5.97 Å². The van der Waals surface area contributed by atoms with Crippen LogP contribution in [0.2, 0.25) is 0 Å². The van der Waals surface area contributed by atoms with Crippen LogP contribution in [-0.4, -0.2) is 24.8 Å². The molecule has 1 aliphatic rings. The first-order valence-electron chi connectivity index (χ1n) is 5.82. The Hall–Kier alpha value is -0.860. The third-order valence-corrected chi connectivity index (χ3v) is 2.93. The molecule has 0 aromatic heterocycles. The Morgan fingerprint density at radius 1 is 1.53 bits per heavy atom. The van der Waals surface area contributed by atoms with Crippen molar-refractivity contribution in [1.29, 1.82) is 0 Å². The van der Waals surface area contributed by atoms with Gasteiger partial charge in [-0.1, -0.05) is 13.8 Å². The Balaban J connectivity index is 2.42. The number of esters is 1. The van der Waals surface area contributed by atoms with E-state index < -0.39 is 0 Å². The van der Waals surface area contributed by atoms with Gasteiger partial charge < -0.3 is 4.74 Å². The first kappa shape index (κ1) is 12.2. The fourth-order valence-electron chi connectivity index (χ4n) is 2.11. The number of hydrogen-bond donors (Lipinski definition) is 0. The maximum Gasteiger partial charge on any atom is 0.327 e. The van der Waals surface area contributed by atoms with Crippen molar-refractivity contribution in [2.24, 2.45) is 16.8 Å². The van der Waals surface area contributed by atoms with Crippen LogP contribution in [0.5, 0.6) is 0 Å². The van der Waals surface area contributed by atoms with Gasteiger partial charge in [-0.05, 0) is 38.0 Å². The van der Waals surface area contributed by atoms with Crippen LogP contribution >= 0.6 is 0 Å². The molecule has 0 saturated heterocycles. The van der Waals surface area contributed by atoms with Crippen LogP contribution in [-0.2, 0) is 9.53 Å². The molecule has 0 aromatic rings. The zero-order valence-electron chi connectivity index (χ0n) is 9.95. The first-order valence-corrected chi connectivity index (χ1v) is 5.82. The van der Waals surface area contributed by atoms with Gasteiger partial charge in [-0.25, -0.2) is 0 Å².